The Hall–Kier alpha value is -1.42. The normalized spacial score (nSPS) is 15.8. The van der Waals surface area contributed by atoms with Crippen LogP contribution in [0.25, 0.3) is 10.2 Å². The van der Waals surface area contributed by atoms with Gasteiger partial charge in [-0.3, -0.25) is 0 Å². The van der Waals surface area contributed by atoms with Gasteiger partial charge in [0.1, 0.15) is 17.0 Å². The second-order valence-electron chi connectivity index (χ2n) is 4.29. The van der Waals surface area contributed by atoms with E-state index in [1.165, 1.54) is 10.3 Å². The van der Waals surface area contributed by atoms with Crippen molar-refractivity contribution < 1.29 is 0 Å². The molecule has 3 nitrogen and oxygen atoms in total. The van der Waals surface area contributed by atoms with Crippen molar-refractivity contribution in [1.29, 1.82) is 0 Å². The lowest BCUT2D eigenvalue weighted by atomic mass is 10.2. The Kier molecular flexibility index (Phi) is 2.81. The molecule has 1 aliphatic rings. The topological polar surface area (TPSA) is 37.8 Å². The van der Waals surface area contributed by atoms with Crippen LogP contribution in [0.5, 0.6) is 0 Å². The Bertz CT molecular complexity index is 551. The molecule has 2 aromatic rings. The number of thiophene rings is 1. The first-order valence-electron chi connectivity index (χ1n) is 6.01. The molecular weight excluding hydrogens is 230 g/mol. The van der Waals surface area contributed by atoms with Crippen LogP contribution in [-0.4, -0.2) is 16.0 Å². The summed E-state index contributed by atoms with van der Waals surface area (Å²) < 4.78 is 0. The van der Waals surface area contributed by atoms with Crippen LogP contribution in [0.15, 0.2) is 24.5 Å². The minimum absolute atomic E-state index is 0.498. The third-order valence-corrected chi connectivity index (χ3v) is 4.27. The van der Waals surface area contributed by atoms with Crippen molar-refractivity contribution in [3.05, 3.63) is 29.4 Å². The molecule has 3 rings (SSSR count). The molecule has 0 atom stereocenters. The second kappa shape index (κ2) is 4.45. The van der Waals surface area contributed by atoms with E-state index >= 15 is 0 Å². The predicted molar refractivity (Wildman–Crippen MR) is 72.6 cm³/mol. The molecule has 0 saturated heterocycles. The number of hydrogen-bond acceptors (Lipinski definition) is 4. The van der Waals surface area contributed by atoms with Crippen molar-refractivity contribution in [2.24, 2.45) is 0 Å². The van der Waals surface area contributed by atoms with E-state index in [4.69, 9.17) is 0 Å². The van der Waals surface area contributed by atoms with E-state index in [9.17, 15) is 0 Å². The zero-order valence-corrected chi connectivity index (χ0v) is 10.6. The van der Waals surface area contributed by atoms with Crippen molar-refractivity contribution >= 4 is 27.4 Å². The quantitative estimate of drug-likeness (QED) is 0.842. The van der Waals surface area contributed by atoms with Crippen molar-refractivity contribution in [2.45, 2.75) is 32.2 Å². The fourth-order valence-electron chi connectivity index (χ4n) is 2.12. The van der Waals surface area contributed by atoms with Gasteiger partial charge in [-0.2, -0.15) is 0 Å². The van der Waals surface area contributed by atoms with Gasteiger partial charge in [0, 0.05) is 10.9 Å². The monoisotopic (exact) mass is 245 g/mol. The van der Waals surface area contributed by atoms with Crippen molar-refractivity contribution in [1.82, 2.24) is 9.97 Å². The number of anilines is 1. The van der Waals surface area contributed by atoms with E-state index < -0.39 is 0 Å². The second-order valence-corrected chi connectivity index (χ2v) is 5.41. The Morgan fingerprint density at radius 1 is 1.35 bits per heavy atom. The minimum atomic E-state index is 0.498. The van der Waals surface area contributed by atoms with Crippen molar-refractivity contribution in [3.8, 4) is 0 Å². The van der Waals surface area contributed by atoms with Crippen LogP contribution >= 0.6 is 11.3 Å². The van der Waals surface area contributed by atoms with E-state index in [1.54, 1.807) is 17.7 Å². The number of fused-ring (bicyclic) bond motifs is 1. The molecular formula is C13H15N3S. The number of nitrogens with one attached hydrogen (secondary N) is 1. The van der Waals surface area contributed by atoms with E-state index in [2.05, 4.69) is 40.4 Å². The van der Waals surface area contributed by atoms with Crippen LogP contribution < -0.4 is 5.32 Å². The average molecular weight is 245 g/mol. The Labute approximate surface area is 105 Å². The first-order valence-corrected chi connectivity index (χ1v) is 6.83. The van der Waals surface area contributed by atoms with Crippen LogP contribution in [0, 0.1) is 0 Å². The summed E-state index contributed by atoms with van der Waals surface area (Å²) >= 11 is 1.76. The van der Waals surface area contributed by atoms with Crippen LogP contribution in [0.3, 0.4) is 0 Å². The summed E-state index contributed by atoms with van der Waals surface area (Å²) in [6.07, 6.45) is 9.35. The van der Waals surface area contributed by atoms with E-state index in [0.29, 0.717) is 6.04 Å². The van der Waals surface area contributed by atoms with Gasteiger partial charge in [0.05, 0.1) is 5.39 Å². The SMILES string of the molecule is CCc1cc2c(NC3CC=CC3)ncnc2s1. The highest BCUT2D eigenvalue weighted by molar-refractivity contribution is 7.18. The Morgan fingerprint density at radius 3 is 2.94 bits per heavy atom. The number of aryl methyl sites for hydroxylation is 1. The molecule has 0 saturated carbocycles. The molecule has 0 fully saturated rings. The zero-order valence-electron chi connectivity index (χ0n) is 9.81. The molecule has 2 heterocycles. The molecule has 0 aromatic carbocycles. The maximum absolute atomic E-state index is 4.37. The fourth-order valence-corrected chi connectivity index (χ4v) is 3.06. The van der Waals surface area contributed by atoms with Gasteiger partial charge < -0.3 is 5.32 Å². The average Bonchev–Trinajstić information content (AvgIpc) is 2.97. The molecule has 0 unspecified atom stereocenters. The summed E-state index contributed by atoms with van der Waals surface area (Å²) in [5.74, 6) is 0.986. The standard InChI is InChI=1S/C13H15N3S/c1-2-10-7-11-12(14-8-15-13(11)17-10)16-9-5-3-4-6-9/h3-4,7-9H,2,5-6H2,1H3,(H,14,15,16). The van der Waals surface area contributed by atoms with E-state index in [1.807, 2.05) is 0 Å². The third-order valence-electron chi connectivity index (χ3n) is 3.08. The third kappa shape index (κ3) is 2.05. The Morgan fingerprint density at radius 2 is 2.18 bits per heavy atom. The molecule has 1 N–H and O–H groups in total. The van der Waals surface area contributed by atoms with Gasteiger partial charge in [-0.05, 0) is 25.3 Å². The highest BCUT2D eigenvalue weighted by Crippen LogP contribution is 2.29. The maximum atomic E-state index is 4.37. The maximum Gasteiger partial charge on any atom is 0.138 e. The predicted octanol–water partition coefficient (Wildman–Crippen LogP) is 3.38. The van der Waals surface area contributed by atoms with Crippen molar-refractivity contribution in [3.63, 3.8) is 0 Å². The molecule has 0 spiro atoms. The molecule has 0 radical (unpaired) electrons. The molecule has 0 aliphatic heterocycles. The number of nitrogens with zero attached hydrogens (tertiary/aromatic N) is 2. The summed E-state index contributed by atoms with van der Waals surface area (Å²) in [5, 5.41) is 4.68. The lowest BCUT2D eigenvalue weighted by Gasteiger charge is -2.12. The molecule has 1 aliphatic carbocycles. The molecule has 0 amide bonds. The summed E-state index contributed by atoms with van der Waals surface area (Å²) in [6, 6.07) is 2.71. The number of rotatable bonds is 3. The van der Waals surface area contributed by atoms with Crippen LogP contribution in [-0.2, 0) is 6.42 Å². The summed E-state index contributed by atoms with van der Waals surface area (Å²) in [7, 11) is 0. The molecule has 17 heavy (non-hydrogen) atoms. The first-order chi connectivity index (χ1) is 8.36. The van der Waals surface area contributed by atoms with E-state index in [0.717, 1.165) is 29.9 Å². The lowest BCUT2D eigenvalue weighted by molar-refractivity contribution is 0.782. The zero-order chi connectivity index (χ0) is 11.7. The van der Waals surface area contributed by atoms with Gasteiger partial charge in [0.25, 0.3) is 0 Å². The largest absolute Gasteiger partial charge is 0.366 e. The number of hydrogen-bond donors (Lipinski definition) is 1. The molecule has 88 valence electrons. The van der Waals surface area contributed by atoms with Gasteiger partial charge in [-0.15, -0.1) is 11.3 Å². The van der Waals surface area contributed by atoms with Gasteiger partial charge in [-0.1, -0.05) is 19.1 Å². The van der Waals surface area contributed by atoms with Crippen molar-refractivity contribution in [2.75, 3.05) is 5.32 Å². The minimum Gasteiger partial charge on any atom is -0.366 e. The highest BCUT2D eigenvalue weighted by atomic mass is 32.1. The van der Waals surface area contributed by atoms with Crippen LogP contribution in [0.2, 0.25) is 0 Å². The van der Waals surface area contributed by atoms with Gasteiger partial charge in [0.2, 0.25) is 0 Å². The lowest BCUT2D eigenvalue weighted by Crippen LogP contribution is -2.16. The highest BCUT2D eigenvalue weighted by Gasteiger charge is 2.13. The summed E-state index contributed by atoms with van der Waals surface area (Å²) in [5.41, 5.74) is 0. The van der Waals surface area contributed by atoms with Gasteiger partial charge in [-0.25, -0.2) is 9.97 Å². The molecule has 2 aromatic heterocycles. The number of aromatic nitrogens is 2. The summed E-state index contributed by atoms with van der Waals surface area (Å²) in [6.45, 7) is 2.17. The van der Waals surface area contributed by atoms with Gasteiger partial charge >= 0.3 is 0 Å². The van der Waals surface area contributed by atoms with Crippen LogP contribution in [0.1, 0.15) is 24.6 Å². The van der Waals surface area contributed by atoms with Crippen LogP contribution in [0.4, 0.5) is 5.82 Å². The summed E-state index contributed by atoms with van der Waals surface area (Å²) in [4.78, 5) is 11.2. The van der Waals surface area contributed by atoms with E-state index in [-0.39, 0.29) is 0 Å². The van der Waals surface area contributed by atoms with Gasteiger partial charge in [0.15, 0.2) is 0 Å². The smallest absolute Gasteiger partial charge is 0.138 e. The fraction of sp³-hybridized carbons (Fsp3) is 0.385. The first kappa shape index (κ1) is 10.7. The molecule has 0 bridgehead atoms. The molecule has 4 heteroatoms. The Balaban J connectivity index is 1.94.